The topological polar surface area (TPSA) is 48.1 Å². The molecule has 2 aromatic heterocycles. The zero-order valence-corrected chi connectivity index (χ0v) is 12.6. The van der Waals surface area contributed by atoms with Crippen molar-refractivity contribution >= 4 is 16.9 Å². The minimum absolute atomic E-state index is 0.725. The van der Waals surface area contributed by atoms with E-state index >= 15 is 0 Å². The van der Waals surface area contributed by atoms with Crippen molar-refractivity contribution in [2.75, 3.05) is 38.6 Å². The van der Waals surface area contributed by atoms with E-state index in [-0.39, 0.29) is 0 Å². The average molecular weight is 273 g/mol. The Labute approximate surface area is 120 Å². The van der Waals surface area contributed by atoms with Crippen LogP contribution in [-0.4, -0.2) is 53.6 Å². The summed E-state index contributed by atoms with van der Waals surface area (Å²) in [5, 5.41) is 1.11. The fraction of sp³-hybridized carbons (Fsp3) is 0.600. The predicted molar refractivity (Wildman–Crippen MR) is 82.1 cm³/mol. The molecule has 0 spiro atoms. The second-order valence-electron chi connectivity index (χ2n) is 5.99. The zero-order valence-electron chi connectivity index (χ0n) is 12.6. The Morgan fingerprint density at radius 2 is 2.30 bits per heavy atom. The summed E-state index contributed by atoms with van der Waals surface area (Å²) in [6.45, 7) is 5.42. The Morgan fingerprint density at radius 1 is 1.45 bits per heavy atom. The molecule has 0 bridgehead atoms. The molecular weight excluding hydrogens is 250 g/mol. The van der Waals surface area contributed by atoms with Crippen molar-refractivity contribution in [2.45, 2.75) is 19.8 Å². The Morgan fingerprint density at radius 3 is 3.10 bits per heavy atom. The summed E-state index contributed by atoms with van der Waals surface area (Å²) in [5.74, 6) is 2.59. The van der Waals surface area contributed by atoms with Crippen molar-refractivity contribution in [3.05, 3.63) is 18.1 Å². The van der Waals surface area contributed by atoms with Gasteiger partial charge in [-0.05, 0) is 45.3 Å². The van der Waals surface area contributed by atoms with Crippen LogP contribution in [0.2, 0.25) is 0 Å². The van der Waals surface area contributed by atoms with E-state index < -0.39 is 0 Å². The Balaban J connectivity index is 1.81. The summed E-state index contributed by atoms with van der Waals surface area (Å²) >= 11 is 0. The molecule has 1 aliphatic rings. The van der Waals surface area contributed by atoms with E-state index in [2.05, 4.69) is 44.9 Å². The Hall–Kier alpha value is -1.62. The van der Waals surface area contributed by atoms with Crippen LogP contribution in [0.4, 0.5) is 5.82 Å². The second kappa shape index (κ2) is 5.40. The first kappa shape index (κ1) is 13.4. The van der Waals surface area contributed by atoms with E-state index in [0.717, 1.165) is 35.1 Å². The van der Waals surface area contributed by atoms with Crippen LogP contribution in [0.1, 0.15) is 18.7 Å². The first-order valence-electron chi connectivity index (χ1n) is 7.35. The molecule has 20 heavy (non-hydrogen) atoms. The highest BCUT2D eigenvalue weighted by molar-refractivity contribution is 5.87. The fourth-order valence-corrected chi connectivity index (χ4v) is 3.22. The van der Waals surface area contributed by atoms with Crippen LogP contribution in [0.25, 0.3) is 11.0 Å². The van der Waals surface area contributed by atoms with Gasteiger partial charge in [-0.1, -0.05) is 0 Å². The number of nitrogens with zero attached hydrogens (tertiary/aromatic N) is 4. The van der Waals surface area contributed by atoms with Crippen LogP contribution in [0.15, 0.2) is 12.3 Å². The van der Waals surface area contributed by atoms with Crippen LogP contribution in [-0.2, 0) is 0 Å². The SMILES string of the molecule is Cc1nc(N(C)C[C@H]2CCCN(C)C2)c2cc[nH]c2n1. The van der Waals surface area contributed by atoms with Gasteiger partial charge in [-0.2, -0.15) is 0 Å². The first-order chi connectivity index (χ1) is 9.63. The summed E-state index contributed by atoms with van der Waals surface area (Å²) in [6.07, 6.45) is 4.55. The third kappa shape index (κ3) is 2.63. The van der Waals surface area contributed by atoms with Crippen molar-refractivity contribution < 1.29 is 0 Å². The maximum Gasteiger partial charge on any atom is 0.143 e. The summed E-state index contributed by atoms with van der Waals surface area (Å²) < 4.78 is 0. The number of likely N-dealkylation sites (tertiary alicyclic amines) is 1. The van der Waals surface area contributed by atoms with Gasteiger partial charge >= 0.3 is 0 Å². The molecule has 1 atom stereocenters. The third-order valence-electron chi connectivity index (χ3n) is 4.12. The standard InChI is InChI=1S/C15H23N5/c1-11-17-14-13(6-7-16-14)15(18-11)20(3)10-12-5-4-8-19(2)9-12/h6-7,12H,4-5,8-10H2,1-3H3,(H,16,17,18)/t12-/m0/s1. The maximum absolute atomic E-state index is 4.64. The van der Waals surface area contributed by atoms with E-state index in [1.54, 1.807) is 0 Å². The molecule has 3 rings (SSSR count). The number of aromatic amines is 1. The molecule has 2 aromatic rings. The van der Waals surface area contributed by atoms with Crippen LogP contribution in [0.3, 0.4) is 0 Å². The lowest BCUT2D eigenvalue weighted by molar-refractivity contribution is 0.213. The lowest BCUT2D eigenvalue weighted by atomic mass is 9.98. The molecule has 0 amide bonds. The molecule has 1 saturated heterocycles. The van der Waals surface area contributed by atoms with Gasteiger partial charge in [-0.15, -0.1) is 0 Å². The van der Waals surface area contributed by atoms with Crippen LogP contribution in [0.5, 0.6) is 0 Å². The molecule has 1 aliphatic heterocycles. The van der Waals surface area contributed by atoms with Gasteiger partial charge < -0.3 is 14.8 Å². The third-order valence-corrected chi connectivity index (χ3v) is 4.12. The van der Waals surface area contributed by atoms with Gasteiger partial charge in [0.05, 0.1) is 5.39 Å². The smallest absolute Gasteiger partial charge is 0.143 e. The number of nitrogens with one attached hydrogen (secondary N) is 1. The monoisotopic (exact) mass is 273 g/mol. The highest BCUT2D eigenvalue weighted by Crippen LogP contribution is 2.24. The number of fused-ring (bicyclic) bond motifs is 1. The number of hydrogen-bond donors (Lipinski definition) is 1. The van der Waals surface area contributed by atoms with Gasteiger partial charge in [0.2, 0.25) is 0 Å². The van der Waals surface area contributed by atoms with E-state index in [1.165, 1.54) is 25.9 Å². The van der Waals surface area contributed by atoms with Crippen molar-refractivity contribution in [1.82, 2.24) is 19.9 Å². The molecule has 5 nitrogen and oxygen atoms in total. The van der Waals surface area contributed by atoms with Crippen LogP contribution < -0.4 is 4.90 Å². The maximum atomic E-state index is 4.64. The number of aromatic nitrogens is 3. The molecule has 0 aromatic carbocycles. The normalized spacial score (nSPS) is 20.4. The van der Waals surface area contributed by atoms with E-state index in [9.17, 15) is 0 Å². The summed E-state index contributed by atoms with van der Waals surface area (Å²) in [6, 6.07) is 2.06. The number of anilines is 1. The van der Waals surface area contributed by atoms with Crippen LogP contribution in [0, 0.1) is 12.8 Å². The van der Waals surface area contributed by atoms with Crippen LogP contribution >= 0.6 is 0 Å². The Bertz CT molecular complexity index is 591. The predicted octanol–water partition coefficient (Wildman–Crippen LogP) is 2.04. The molecule has 0 unspecified atom stereocenters. The number of aryl methyl sites for hydroxylation is 1. The van der Waals surface area contributed by atoms with Gasteiger partial charge in [0.1, 0.15) is 17.3 Å². The average Bonchev–Trinajstić information content (AvgIpc) is 2.85. The quantitative estimate of drug-likeness (QED) is 0.930. The second-order valence-corrected chi connectivity index (χ2v) is 5.99. The molecule has 0 aliphatic carbocycles. The van der Waals surface area contributed by atoms with Crippen molar-refractivity contribution in [3.63, 3.8) is 0 Å². The number of piperidine rings is 1. The lowest BCUT2D eigenvalue weighted by Gasteiger charge is -2.32. The van der Waals surface area contributed by atoms with Crippen molar-refractivity contribution in [1.29, 1.82) is 0 Å². The summed E-state index contributed by atoms with van der Waals surface area (Å²) in [4.78, 5) is 17.0. The first-order valence-corrected chi connectivity index (χ1v) is 7.35. The van der Waals surface area contributed by atoms with Gasteiger partial charge in [-0.3, -0.25) is 0 Å². The molecule has 108 valence electrons. The van der Waals surface area contributed by atoms with Gasteiger partial charge in [0.15, 0.2) is 0 Å². The van der Waals surface area contributed by atoms with Gasteiger partial charge in [0, 0.05) is 26.3 Å². The lowest BCUT2D eigenvalue weighted by Crippen LogP contribution is -2.38. The van der Waals surface area contributed by atoms with Gasteiger partial charge in [0.25, 0.3) is 0 Å². The molecule has 0 saturated carbocycles. The largest absolute Gasteiger partial charge is 0.359 e. The van der Waals surface area contributed by atoms with E-state index in [0.29, 0.717) is 0 Å². The summed E-state index contributed by atoms with van der Waals surface area (Å²) in [7, 11) is 4.36. The minimum atomic E-state index is 0.725. The molecule has 1 N–H and O–H groups in total. The highest BCUT2D eigenvalue weighted by atomic mass is 15.2. The van der Waals surface area contributed by atoms with E-state index in [4.69, 9.17) is 0 Å². The number of H-pyrrole nitrogens is 1. The van der Waals surface area contributed by atoms with Crippen molar-refractivity contribution in [2.24, 2.45) is 5.92 Å². The molecule has 0 radical (unpaired) electrons. The number of hydrogen-bond acceptors (Lipinski definition) is 4. The minimum Gasteiger partial charge on any atom is -0.359 e. The Kier molecular flexibility index (Phi) is 3.61. The van der Waals surface area contributed by atoms with Crippen molar-refractivity contribution in [3.8, 4) is 0 Å². The fourth-order valence-electron chi connectivity index (χ4n) is 3.22. The molecule has 3 heterocycles. The summed E-state index contributed by atoms with van der Waals surface area (Å²) in [5.41, 5.74) is 0.931. The molecule has 1 fully saturated rings. The number of rotatable bonds is 3. The molecular formula is C15H23N5. The van der Waals surface area contributed by atoms with E-state index in [1.807, 2.05) is 13.1 Å². The zero-order chi connectivity index (χ0) is 14.1. The highest BCUT2D eigenvalue weighted by Gasteiger charge is 2.20. The molecule has 5 heteroatoms. The van der Waals surface area contributed by atoms with Gasteiger partial charge in [-0.25, -0.2) is 9.97 Å².